The summed E-state index contributed by atoms with van der Waals surface area (Å²) in [7, 11) is 1.76. The van der Waals surface area contributed by atoms with Gasteiger partial charge >= 0.3 is 0 Å². The van der Waals surface area contributed by atoms with Crippen molar-refractivity contribution in [3.63, 3.8) is 0 Å². The van der Waals surface area contributed by atoms with Gasteiger partial charge in [-0.05, 0) is 0 Å². The third kappa shape index (κ3) is 8.02. The van der Waals surface area contributed by atoms with Crippen molar-refractivity contribution < 1.29 is 0 Å². The van der Waals surface area contributed by atoms with Gasteiger partial charge in [0, 0.05) is 0 Å². The van der Waals surface area contributed by atoms with Crippen LogP contribution >= 0.6 is 0 Å². The third-order valence-corrected chi connectivity index (χ3v) is 1.72. The minimum Gasteiger partial charge on any atom is -0.374 e. The standard InChI is InChI=1S/C8H19BN/c1-2-3-4-5-6-7-8-9-10/h2-8,10H2,1H3. The molecule has 0 unspecified atom stereocenters. The summed E-state index contributed by atoms with van der Waals surface area (Å²) in [6.45, 7) is 2.24. The molecule has 1 nitrogen and oxygen atoms in total. The Labute approximate surface area is 65.6 Å². The lowest BCUT2D eigenvalue weighted by Crippen LogP contribution is -2.02. The van der Waals surface area contributed by atoms with Crippen LogP contribution in [0.4, 0.5) is 0 Å². The van der Waals surface area contributed by atoms with E-state index in [2.05, 4.69) is 6.92 Å². The summed E-state index contributed by atoms with van der Waals surface area (Å²) in [6, 6.07) is 0. The molecule has 0 aromatic carbocycles. The second-order valence-electron chi connectivity index (χ2n) is 2.79. The zero-order chi connectivity index (χ0) is 7.66. The summed E-state index contributed by atoms with van der Waals surface area (Å²) in [5, 5.41) is 0. The van der Waals surface area contributed by atoms with Gasteiger partial charge in [-0.3, -0.25) is 0 Å². The Kier molecular flexibility index (Phi) is 9.05. The summed E-state index contributed by atoms with van der Waals surface area (Å²) in [5.41, 5.74) is 5.24. The highest BCUT2D eigenvalue weighted by molar-refractivity contribution is 6.30. The third-order valence-electron chi connectivity index (χ3n) is 1.72. The Balaban J connectivity index is 2.65. The van der Waals surface area contributed by atoms with Crippen LogP contribution in [0.25, 0.3) is 0 Å². The fraction of sp³-hybridized carbons (Fsp3) is 1.00. The molecule has 0 saturated carbocycles. The molecule has 59 valence electrons. The fourth-order valence-corrected chi connectivity index (χ4v) is 1.04. The maximum absolute atomic E-state index is 5.24. The molecule has 0 aliphatic rings. The van der Waals surface area contributed by atoms with Gasteiger partial charge < -0.3 is 5.64 Å². The molecule has 0 aromatic rings. The van der Waals surface area contributed by atoms with E-state index in [4.69, 9.17) is 5.64 Å². The molecule has 0 heterocycles. The molecule has 1 radical (unpaired) electrons. The molecule has 0 fully saturated rings. The van der Waals surface area contributed by atoms with Crippen LogP contribution < -0.4 is 5.64 Å². The molecule has 0 amide bonds. The number of unbranched alkanes of at least 4 members (excludes halogenated alkanes) is 5. The van der Waals surface area contributed by atoms with Crippen molar-refractivity contribution >= 4 is 7.41 Å². The number of hydrogen-bond donors (Lipinski definition) is 1. The first-order valence-electron chi connectivity index (χ1n) is 4.45. The highest BCUT2D eigenvalue weighted by atomic mass is 14.3. The topological polar surface area (TPSA) is 26.0 Å². The molecule has 0 spiro atoms. The van der Waals surface area contributed by atoms with Crippen LogP contribution in [0.15, 0.2) is 0 Å². The first-order chi connectivity index (χ1) is 4.91. The van der Waals surface area contributed by atoms with E-state index in [9.17, 15) is 0 Å². The summed E-state index contributed by atoms with van der Waals surface area (Å²) in [6.07, 6.45) is 9.25. The van der Waals surface area contributed by atoms with E-state index in [1.807, 2.05) is 0 Å². The molecule has 2 N–H and O–H groups in total. The van der Waals surface area contributed by atoms with E-state index in [0.29, 0.717) is 0 Å². The van der Waals surface area contributed by atoms with Gasteiger partial charge in [-0.1, -0.05) is 51.8 Å². The maximum atomic E-state index is 5.24. The van der Waals surface area contributed by atoms with Gasteiger partial charge in [0.1, 0.15) is 0 Å². The zero-order valence-electron chi connectivity index (χ0n) is 7.10. The minimum atomic E-state index is 1.09. The molecule has 0 bridgehead atoms. The number of rotatable bonds is 7. The maximum Gasteiger partial charge on any atom is 0.202 e. The Bertz CT molecular complexity index is 49.2. The van der Waals surface area contributed by atoms with Gasteiger partial charge in [0.15, 0.2) is 0 Å². The molecule has 0 atom stereocenters. The van der Waals surface area contributed by atoms with Crippen molar-refractivity contribution in [3.8, 4) is 0 Å². The lowest BCUT2D eigenvalue weighted by Gasteiger charge is -1.97. The second-order valence-corrected chi connectivity index (χ2v) is 2.79. The van der Waals surface area contributed by atoms with Crippen LogP contribution in [0.2, 0.25) is 6.32 Å². The summed E-state index contributed by atoms with van der Waals surface area (Å²) in [5.74, 6) is 0. The highest BCUT2D eigenvalue weighted by Crippen LogP contribution is 2.05. The van der Waals surface area contributed by atoms with Crippen LogP contribution in [0.3, 0.4) is 0 Å². The Morgan fingerprint density at radius 3 is 2.20 bits per heavy atom. The van der Waals surface area contributed by atoms with Crippen LogP contribution in [0, 0.1) is 0 Å². The van der Waals surface area contributed by atoms with E-state index in [1.165, 1.54) is 38.5 Å². The number of hydrogen-bond acceptors (Lipinski definition) is 1. The van der Waals surface area contributed by atoms with E-state index in [0.717, 1.165) is 6.32 Å². The lowest BCUT2D eigenvalue weighted by molar-refractivity contribution is 0.624. The quantitative estimate of drug-likeness (QED) is 0.426. The predicted molar refractivity (Wildman–Crippen MR) is 48.1 cm³/mol. The normalized spacial score (nSPS) is 9.80. The molecule has 0 saturated heterocycles. The van der Waals surface area contributed by atoms with Crippen LogP contribution in [0.1, 0.15) is 45.4 Å². The van der Waals surface area contributed by atoms with Crippen LogP contribution in [-0.2, 0) is 0 Å². The average molecular weight is 140 g/mol. The second kappa shape index (κ2) is 9.02. The minimum absolute atomic E-state index is 1.09. The molecule has 0 rings (SSSR count). The number of nitrogens with two attached hydrogens (primary N) is 1. The SMILES string of the molecule is CCCCCCCC[B]N. The predicted octanol–water partition coefficient (Wildman–Crippen LogP) is 2.34. The first-order valence-corrected chi connectivity index (χ1v) is 4.45. The van der Waals surface area contributed by atoms with Gasteiger partial charge in [0.05, 0.1) is 0 Å². The van der Waals surface area contributed by atoms with Gasteiger partial charge in [-0.15, -0.1) is 0 Å². The fourth-order valence-electron chi connectivity index (χ4n) is 1.04. The van der Waals surface area contributed by atoms with E-state index < -0.39 is 0 Å². The molecular weight excluding hydrogens is 121 g/mol. The van der Waals surface area contributed by atoms with Crippen molar-refractivity contribution in [3.05, 3.63) is 0 Å². The van der Waals surface area contributed by atoms with Crippen molar-refractivity contribution in [1.82, 2.24) is 0 Å². The Morgan fingerprint density at radius 2 is 1.60 bits per heavy atom. The molecule has 0 aliphatic heterocycles. The molecule has 2 heteroatoms. The Morgan fingerprint density at radius 1 is 1.00 bits per heavy atom. The average Bonchev–Trinajstić information content (AvgIpc) is 1.97. The smallest absolute Gasteiger partial charge is 0.202 e. The van der Waals surface area contributed by atoms with Crippen LogP contribution in [0.5, 0.6) is 0 Å². The lowest BCUT2D eigenvalue weighted by atomic mass is 9.88. The van der Waals surface area contributed by atoms with Crippen LogP contribution in [-0.4, -0.2) is 7.41 Å². The van der Waals surface area contributed by atoms with Crippen molar-refractivity contribution in [2.24, 2.45) is 5.64 Å². The zero-order valence-corrected chi connectivity index (χ0v) is 7.10. The summed E-state index contributed by atoms with van der Waals surface area (Å²) >= 11 is 0. The Hall–Kier alpha value is 0.0249. The monoisotopic (exact) mass is 140 g/mol. The van der Waals surface area contributed by atoms with E-state index in [1.54, 1.807) is 7.41 Å². The highest BCUT2D eigenvalue weighted by Gasteiger charge is 1.88. The first kappa shape index (κ1) is 10.0. The van der Waals surface area contributed by atoms with Crippen molar-refractivity contribution in [1.29, 1.82) is 0 Å². The molecule has 10 heavy (non-hydrogen) atoms. The van der Waals surface area contributed by atoms with Gasteiger partial charge in [-0.25, -0.2) is 0 Å². The van der Waals surface area contributed by atoms with Gasteiger partial charge in [-0.2, -0.15) is 0 Å². The molecule has 0 aromatic heterocycles. The molecular formula is C8H19BN. The van der Waals surface area contributed by atoms with Crippen molar-refractivity contribution in [2.75, 3.05) is 0 Å². The molecule has 0 aliphatic carbocycles. The van der Waals surface area contributed by atoms with Crippen molar-refractivity contribution in [2.45, 2.75) is 51.8 Å². The van der Waals surface area contributed by atoms with E-state index in [-0.39, 0.29) is 0 Å². The summed E-state index contributed by atoms with van der Waals surface area (Å²) < 4.78 is 0. The van der Waals surface area contributed by atoms with Gasteiger partial charge in [0.25, 0.3) is 0 Å². The van der Waals surface area contributed by atoms with Gasteiger partial charge in [0.2, 0.25) is 7.41 Å². The largest absolute Gasteiger partial charge is 0.374 e. The summed E-state index contributed by atoms with van der Waals surface area (Å²) in [4.78, 5) is 0. The van der Waals surface area contributed by atoms with E-state index >= 15 is 0 Å².